The SMILES string of the molecule is Oc1ccccc1.Oc1ccccc1.[CH2-]C.[CH2-]C.[Ti+2]. The molecule has 0 aliphatic carbocycles. The van der Waals surface area contributed by atoms with Crippen molar-refractivity contribution in [3.05, 3.63) is 74.5 Å². The largest absolute Gasteiger partial charge is 2.00 e. The minimum Gasteiger partial charge on any atom is -0.508 e. The van der Waals surface area contributed by atoms with Crippen LogP contribution in [0.15, 0.2) is 60.7 Å². The normalized spacial score (nSPS) is 6.95. The standard InChI is InChI=1S/2C6H6O.2C2H5.Ti/c2*7-6-4-2-1-3-5-6;2*1-2;/h2*1-5,7H;2*1H2,2H3;/q;;2*-1;+2. The first-order valence-corrected chi connectivity index (χ1v) is 5.68. The minimum absolute atomic E-state index is 0. The predicted octanol–water partition coefficient (Wildman–Crippen LogP) is 4.46. The van der Waals surface area contributed by atoms with Crippen molar-refractivity contribution in [1.29, 1.82) is 0 Å². The molecule has 0 aliphatic heterocycles. The smallest absolute Gasteiger partial charge is 0.508 e. The molecule has 2 aromatic carbocycles. The second kappa shape index (κ2) is 19.1. The number of rotatable bonds is 0. The quantitative estimate of drug-likeness (QED) is 0.556. The summed E-state index contributed by atoms with van der Waals surface area (Å²) in [4.78, 5) is 0. The molecule has 0 saturated carbocycles. The molecule has 0 atom stereocenters. The summed E-state index contributed by atoms with van der Waals surface area (Å²) in [7, 11) is 0. The van der Waals surface area contributed by atoms with E-state index < -0.39 is 0 Å². The Morgan fingerprint density at radius 3 is 0.895 bits per heavy atom. The first kappa shape index (κ1) is 22.9. The van der Waals surface area contributed by atoms with E-state index >= 15 is 0 Å². The summed E-state index contributed by atoms with van der Waals surface area (Å²) in [6.07, 6.45) is 0. The van der Waals surface area contributed by atoms with Crippen LogP contribution < -0.4 is 0 Å². The third kappa shape index (κ3) is 16.8. The maximum atomic E-state index is 8.63. The number of para-hydroxylation sites is 2. The minimum atomic E-state index is 0. The number of benzene rings is 2. The summed E-state index contributed by atoms with van der Waals surface area (Å²) in [5.41, 5.74) is 0. The van der Waals surface area contributed by atoms with Gasteiger partial charge in [-0.3, -0.25) is 0 Å². The van der Waals surface area contributed by atoms with E-state index in [2.05, 4.69) is 13.8 Å². The first-order valence-electron chi connectivity index (χ1n) is 5.68. The van der Waals surface area contributed by atoms with Gasteiger partial charge in [0, 0.05) is 0 Å². The Hall–Kier alpha value is -1.25. The Labute approximate surface area is 132 Å². The zero-order valence-corrected chi connectivity index (χ0v) is 13.1. The molecule has 0 bridgehead atoms. The van der Waals surface area contributed by atoms with Gasteiger partial charge in [0.2, 0.25) is 0 Å². The maximum Gasteiger partial charge on any atom is 2.00 e. The molecule has 0 aliphatic rings. The van der Waals surface area contributed by atoms with Gasteiger partial charge in [0.1, 0.15) is 11.5 Å². The van der Waals surface area contributed by atoms with Crippen molar-refractivity contribution in [2.45, 2.75) is 13.8 Å². The molecule has 0 amide bonds. The van der Waals surface area contributed by atoms with Crippen LogP contribution in [-0.4, -0.2) is 10.2 Å². The molecule has 2 rings (SSSR count). The van der Waals surface area contributed by atoms with E-state index in [0.29, 0.717) is 11.5 Å². The second-order valence-electron chi connectivity index (χ2n) is 2.67. The van der Waals surface area contributed by atoms with Gasteiger partial charge in [-0.15, -0.1) is 0 Å². The van der Waals surface area contributed by atoms with Crippen LogP contribution in [0.4, 0.5) is 0 Å². The van der Waals surface area contributed by atoms with Gasteiger partial charge in [0.05, 0.1) is 0 Å². The molecule has 0 unspecified atom stereocenters. The Morgan fingerprint density at radius 2 is 0.789 bits per heavy atom. The number of hydrogen-bond donors (Lipinski definition) is 2. The predicted molar refractivity (Wildman–Crippen MR) is 78.3 cm³/mol. The Kier molecular flexibility index (Phi) is 23.0. The Balaban J connectivity index is -0.000000205. The molecule has 2 aromatic rings. The molecule has 3 heteroatoms. The fraction of sp³-hybridized carbons (Fsp3) is 0.125. The summed E-state index contributed by atoms with van der Waals surface area (Å²) < 4.78 is 0. The number of phenols is 2. The van der Waals surface area contributed by atoms with Crippen molar-refractivity contribution in [3.8, 4) is 11.5 Å². The number of hydrogen-bond acceptors (Lipinski definition) is 2. The zero-order chi connectivity index (χ0) is 14.2. The molecule has 0 heterocycles. The van der Waals surface area contributed by atoms with Gasteiger partial charge in [0.25, 0.3) is 0 Å². The van der Waals surface area contributed by atoms with Crippen LogP contribution in [0.2, 0.25) is 0 Å². The van der Waals surface area contributed by atoms with Crippen molar-refractivity contribution in [2.75, 3.05) is 0 Å². The van der Waals surface area contributed by atoms with E-state index in [1.54, 1.807) is 62.4 Å². The molecule has 0 radical (unpaired) electrons. The molecule has 0 fully saturated rings. The van der Waals surface area contributed by atoms with Crippen molar-refractivity contribution in [1.82, 2.24) is 0 Å². The van der Waals surface area contributed by atoms with Crippen LogP contribution in [0, 0.1) is 13.8 Å². The number of phenolic OH excluding ortho intramolecular Hbond substituents is 2. The summed E-state index contributed by atoms with van der Waals surface area (Å²) in [5, 5.41) is 17.3. The molecule has 2 N–H and O–H groups in total. The molecule has 19 heavy (non-hydrogen) atoms. The van der Waals surface area contributed by atoms with Crippen molar-refractivity contribution < 1.29 is 31.9 Å². The average Bonchev–Trinajstić information content (AvgIpc) is 2.46. The molecular weight excluding hydrogens is 272 g/mol. The average molecular weight is 294 g/mol. The van der Waals surface area contributed by atoms with Gasteiger partial charge in [-0.05, 0) is 24.3 Å². The Bertz CT molecular complexity index is 312. The van der Waals surface area contributed by atoms with Crippen LogP contribution in [0.25, 0.3) is 0 Å². The van der Waals surface area contributed by atoms with Gasteiger partial charge in [-0.25, -0.2) is 0 Å². The Morgan fingerprint density at radius 1 is 0.579 bits per heavy atom. The summed E-state index contributed by atoms with van der Waals surface area (Å²) >= 11 is 0. The van der Waals surface area contributed by atoms with Gasteiger partial charge in [-0.2, -0.15) is 13.8 Å². The molecule has 0 spiro atoms. The van der Waals surface area contributed by atoms with E-state index in [4.69, 9.17) is 10.2 Å². The molecule has 0 saturated heterocycles. The van der Waals surface area contributed by atoms with Gasteiger partial charge in [0.15, 0.2) is 0 Å². The molecule has 102 valence electrons. The third-order valence-electron chi connectivity index (χ3n) is 1.51. The van der Waals surface area contributed by atoms with Crippen LogP contribution in [0.3, 0.4) is 0 Å². The molecular formula is C16H22O2Ti. The van der Waals surface area contributed by atoms with Crippen molar-refractivity contribution in [2.24, 2.45) is 0 Å². The summed E-state index contributed by atoms with van der Waals surface area (Å²) in [6, 6.07) is 17.4. The summed E-state index contributed by atoms with van der Waals surface area (Å²) in [5.74, 6) is 0.644. The van der Waals surface area contributed by atoms with E-state index in [9.17, 15) is 0 Å². The number of aromatic hydroxyl groups is 2. The van der Waals surface area contributed by atoms with E-state index in [1.165, 1.54) is 0 Å². The molecule has 2 nitrogen and oxygen atoms in total. The maximum absolute atomic E-state index is 8.63. The van der Waals surface area contributed by atoms with Crippen molar-refractivity contribution >= 4 is 0 Å². The van der Waals surface area contributed by atoms with Crippen LogP contribution in [-0.2, 0) is 21.7 Å². The van der Waals surface area contributed by atoms with Crippen LogP contribution in [0.1, 0.15) is 13.8 Å². The van der Waals surface area contributed by atoms with E-state index in [1.807, 2.05) is 12.1 Å². The van der Waals surface area contributed by atoms with Crippen LogP contribution >= 0.6 is 0 Å². The molecule has 0 aromatic heterocycles. The topological polar surface area (TPSA) is 40.5 Å². The first-order chi connectivity index (χ1) is 8.79. The third-order valence-corrected chi connectivity index (χ3v) is 1.51. The fourth-order valence-corrected chi connectivity index (χ4v) is 0.856. The monoisotopic (exact) mass is 294 g/mol. The van der Waals surface area contributed by atoms with Gasteiger partial charge < -0.3 is 24.1 Å². The van der Waals surface area contributed by atoms with Gasteiger partial charge >= 0.3 is 21.7 Å². The summed E-state index contributed by atoms with van der Waals surface area (Å²) in [6.45, 7) is 10.0. The van der Waals surface area contributed by atoms with Gasteiger partial charge in [-0.1, -0.05) is 36.4 Å². The van der Waals surface area contributed by atoms with E-state index in [-0.39, 0.29) is 21.7 Å². The zero-order valence-electron chi connectivity index (χ0n) is 11.6. The van der Waals surface area contributed by atoms with Crippen LogP contribution in [0.5, 0.6) is 11.5 Å². The van der Waals surface area contributed by atoms with E-state index in [0.717, 1.165) is 0 Å². The van der Waals surface area contributed by atoms with Crippen molar-refractivity contribution in [3.63, 3.8) is 0 Å². The fourth-order valence-electron chi connectivity index (χ4n) is 0.856. The second-order valence-corrected chi connectivity index (χ2v) is 2.67.